The molecular weight excluding hydrogens is 493 g/mol. The zero-order chi connectivity index (χ0) is 20.7. The van der Waals surface area contributed by atoms with E-state index in [9.17, 15) is 9.59 Å². The summed E-state index contributed by atoms with van der Waals surface area (Å²) in [5, 5.41) is 9.28. The van der Waals surface area contributed by atoms with Gasteiger partial charge in [0.15, 0.2) is 5.13 Å². The molecule has 2 atom stereocenters. The summed E-state index contributed by atoms with van der Waals surface area (Å²) >= 11 is 3.50. The molecule has 152 valence electrons. The van der Waals surface area contributed by atoms with Gasteiger partial charge < -0.3 is 26.4 Å². The lowest BCUT2D eigenvalue weighted by molar-refractivity contribution is -0.119. The number of hydrogen-bond donors (Lipinski definition) is 4. The fourth-order valence-electron chi connectivity index (χ4n) is 2.46. The van der Waals surface area contributed by atoms with E-state index >= 15 is 0 Å². The third-order valence-corrected chi connectivity index (χ3v) is 5.54. The third-order valence-electron chi connectivity index (χ3n) is 3.97. The Morgan fingerprint density at radius 1 is 1.39 bits per heavy atom. The molecule has 8 nitrogen and oxygen atoms in total. The Morgan fingerprint density at radius 2 is 2.14 bits per heavy atom. The first-order valence-electron chi connectivity index (χ1n) is 8.76. The predicted molar refractivity (Wildman–Crippen MR) is 121 cm³/mol. The number of nitrogens with two attached hydrogens (primary N) is 1. The predicted octanol–water partition coefficient (Wildman–Crippen LogP) is 3.53. The molecule has 0 fully saturated rings. The molecule has 0 aliphatic rings. The Kier molecular flexibility index (Phi) is 8.30. The molecule has 0 spiro atoms. The van der Waals surface area contributed by atoms with Crippen LogP contribution in [0.1, 0.15) is 25.8 Å². The lowest BCUT2D eigenvalue weighted by atomic mass is 10.1. The van der Waals surface area contributed by atoms with Gasteiger partial charge in [0.2, 0.25) is 11.0 Å². The van der Waals surface area contributed by atoms with E-state index < -0.39 is 0 Å². The van der Waals surface area contributed by atoms with Crippen LogP contribution in [0.4, 0.5) is 15.6 Å². The largest absolute Gasteiger partial charge is 0.445 e. The number of anilines is 2. The number of nitrogens with one attached hydrogen (secondary N) is 3. The van der Waals surface area contributed by atoms with E-state index in [1.807, 2.05) is 6.92 Å². The minimum atomic E-state index is -0.287. The minimum Gasteiger partial charge on any atom is -0.445 e. The van der Waals surface area contributed by atoms with Gasteiger partial charge in [0.25, 0.3) is 0 Å². The smallest absolute Gasteiger partial charge is 0.319 e. The lowest BCUT2D eigenvalue weighted by Gasteiger charge is -2.20. The van der Waals surface area contributed by atoms with Crippen LogP contribution in [-0.2, 0) is 11.2 Å². The molecule has 1 heterocycles. The number of benzene rings is 1. The highest BCUT2D eigenvalue weighted by Gasteiger charge is 2.16. The van der Waals surface area contributed by atoms with E-state index in [2.05, 4.69) is 50.4 Å². The van der Waals surface area contributed by atoms with E-state index in [1.165, 1.54) is 17.5 Å². The maximum Gasteiger partial charge on any atom is 0.319 e. The number of rotatable bonds is 8. The Labute approximate surface area is 181 Å². The third kappa shape index (κ3) is 6.51. The fraction of sp³-hybridized carbons (Fsp3) is 0.389. The molecule has 0 aliphatic heterocycles. The molecule has 1 aromatic heterocycles. The van der Waals surface area contributed by atoms with Crippen molar-refractivity contribution in [3.63, 3.8) is 0 Å². The van der Waals surface area contributed by atoms with Crippen molar-refractivity contribution in [2.24, 2.45) is 0 Å². The minimum absolute atomic E-state index is 0.0744. The summed E-state index contributed by atoms with van der Waals surface area (Å²) in [6.45, 7) is 4.08. The lowest BCUT2D eigenvalue weighted by Crippen LogP contribution is -2.41. The topological polar surface area (TPSA) is 118 Å². The van der Waals surface area contributed by atoms with Gasteiger partial charge in [-0.25, -0.2) is 9.78 Å². The molecule has 0 bridgehead atoms. The highest BCUT2D eigenvalue weighted by Crippen LogP contribution is 2.32. The normalized spacial score (nSPS) is 12.7. The second-order valence-electron chi connectivity index (χ2n) is 6.08. The van der Waals surface area contributed by atoms with Gasteiger partial charge in [-0.2, -0.15) is 0 Å². The number of alkyl halides is 1. The van der Waals surface area contributed by atoms with Gasteiger partial charge in [0.05, 0.1) is 12.6 Å². The summed E-state index contributed by atoms with van der Waals surface area (Å²) in [6, 6.07) is 4.95. The molecule has 0 saturated carbocycles. The first kappa shape index (κ1) is 22.2. The summed E-state index contributed by atoms with van der Waals surface area (Å²) in [6.07, 6.45) is 2.48. The summed E-state index contributed by atoms with van der Waals surface area (Å²) in [4.78, 5) is 28.1. The number of hydrogen-bond acceptors (Lipinski definition) is 6. The molecular formula is C18H24IN5O3S. The van der Waals surface area contributed by atoms with Crippen molar-refractivity contribution in [1.29, 1.82) is 0 Å². The molecule has 28 heavy (non-hydrogen) atoms. The number of thiazole rings is 1. The second kappa shape index (κ2) is 10.5. The van der Waals surface area contributed by atoms with Crippen molar-refractivity contribution in [2.45, 2.75) is 36.7 Å². The molecule has 3 amide bonds. The average Bonchev–Trinajstić information content (AvgIpc) is 3.06. The van der Waals surface area contributed by atoms with Gasteiger partial charge in [0.1, 0.15) is 5.75 Å². The Morgan fingerprint density at radius 3 is 2.71 bits per heavy atom. The fourth-order valence-corrected chi connectivity index (χ4v) is 3.70. The molecule has 2 rings (SSSR count). The number of aromatic nitrogens is 1. The Hall–Kier alpha value is -2.08. The summed E-state index contributed by atoms with van der Waals surface area (Å²) in [7, 11) is 1.57. The average molecular weight is 517 g/mol. The van der Waals surface area contributed by atoms with E-state index in [1.54, 1.807) is 25.2 Å². The SMILES string of the molecule is CCC(NC(=O)Nc1ccc(Oc2cnc(N)s2)c(CC(=O)NC)c1)C(C)I. The molecule has 0 aliphatic carbocycles. The van der Waals surface area contributed by atoms with Crippen LogP contribution in [-0.4, -0.2) is 33.9 Å². The van der Waals surface area contributed by atoms with Crippen LogP contribution in [0.2, 0.25) is 0 Å². The van der Waals surface area contributed by atoms with Crippen molar-refractivity contribution in [3.8, 4) is 10.8 Å². The number of likely N-dealkylation sites (N-methyl/N-ethyl adjacent to an activating group) is 1. The zero-order valence-corrected chi connectivity index (χ0v) is 18.9. The number of amides is 3. The molecule has 0 radical (unpaired) electrons. The van der Waals surface area contributed by atoms with Crippen LogP contribution >= 0.6 is 33.9 Å². The number of nitrogens with zero attached hydrogens (tertiary/aromatic N) is 1. The van der Waals surface area contributed by atoms with Gasteiger partial charge in [-0.15, -0.1) is 0 Å². The standard InChI is InChI=1S/C18H24IN5O3S/c1-4-13(10(2)19)24-18(26)23-12-5-6-14(11(7-12)8-15(25)21-3)27-16-9-22-17(20)28-16/h5-7,9-10,13H,4,8H2,1-3H3,(H2,20,22)(H,21,25)(H2,23,24,26). The van der Waals surface area contributed by atoms with E-state index in [-0.39, 0.29) is 24.4 Å². The monoisotopic (exact) mass is 517 g/mol. The first-order valence-corrected chi connectivity index (χ1v) is 10.8. The van der Waals surface area contributed by atoms with Gasteiger partial charge in [-0.1, -0.05) is 47.8 Å². The van der Waals surface area contributed by atoms with Crippen molar-refractivity contribution in [3.05, 3.63) is 30.0 Å². The van der Waals surface area contributed by atoms with Gasteiger partial charge in [0, 0.05) is 28.3 Å². The first-order chi connectivity index (χ1) is 13.3. The molecule has 2 unspecified atom stereocenters. The second-order valence-corrected chi connectivity index (χ2v) is 9.07. The van der Waals surface area contributed by atoms with Crippen LogP contribution in [0.3, 0.4) is 0 Å². The van der Waals surface area contributed by atoms with Crippen LogP contribution in [0.25, 0.3) is 0 Å². The van der Waals surface area contributed by atoms with Crippen molar-refractivity contribution < 1.29 is 14.3 Å². The highest BCUT2D eigenvalue weighted by atomic mass is 127. The number of carbonyl (C=O) groups excluding carboxylic acids is 2. The highest BCUT2D eigenvalue weighted by molar-refractivity contribution is 14.1. The number of halogens is 1. The van der Waals surface area contributed by atoms with E-state index in [4.69, 9.17) is 10.5 Å². The molecule has 1 aromatic carbocycles. The Balaban J connectivity index is 2.18. The maximum atomic E-state index is 12.3. The van der Waals surface area contributed by atoms with Gasteiger partial charge in [-0.3, -0.25) is 4.79 Å². The van der Waals surface area contributed by atoms with E-state index in [0.29, 0.717) is 31.1 Å². The van der Waals surface area contributed by atoms with E-state index in [0.717, 1.165) is 6.42 Å². The zero-order valence-electron chi connectivity index (χ0n) is 15.9. The number of carbonyl (C=O) groups is 2. The summed E-state index contributed by atoms with van der Waals surface area (Å²) < 4.78 is 6.12. The van der Waals surface area contributed by atoms with Crippen molar-refractivity contribution >= 4 is 56.7 Å². The number of urea groups is 1. The van der Waals surface area contributed by atoms with Crippen LogP contribution in [0, 0.1) is 0 Å². The molecule has 0 saturated heterocycles. The molecule has 5 N–H and O–H groups in total. The van der Waals surface area contributed by atoms with Gasteiger partial charge >= 0.3 is 6.03 Å². The van der Waals surface area contributed by atoms with Crippen LogP contribution in [0.5, 0.6) is 10.8 Å². The Bertz CT molecular complexity index is 827. The molecule has 10 heteroatoms. The van der Waals surface area contributed by atoms with Crippen LogP contribution in [0.15, 0.2) is 24.4 Å². The maximum absolute atomic E-state index is 12.3. The van der Waals surface area contributed by atoms with Gasteiger partial charge in [-0.05, 0) is 24.6 Å². The van der Waals surface area contributed by atoms with Crippen molar-refractivity contribution in [2.75, 3.05) is 18.1 Å². The summed E-state index contributed by atoms with van der Waals surface area (Å²) in [5.41, 5.74) is 6.84. The number of ether oxygens (including phenoxy) is 1. The summed E-state index contributed by atoms with van der Waals surface area (Å²) in [5.74, 6) is 0.339. The quantitative estimate of drug-likeness (QED) is 0.316. The molecule has 2 aromatic rings. The number of nitrogen functional groups attached to an aromatic ring is 1. The van der Waals surface area contributed by atoms with Crippen molar-refractivity contribution in [1.82, 2.24) is 15.6 Å². The van der Waals surface area contributed by atoms with Crippen LogP contribution < -0.4 is 26.4 Å².